The Kier molecular flexibility index (Phi) is 9.06. The zero-order chi connectivity index (χ0) is 19.0. The smallest absolute Gasteiger partial charge is 0.317 e. The number of piperidine rings is 1. The second-order valence-corrected chi connectivity index (χ2v) is 6.51. The van der Waals surface area contributed by atoms with E-state index in [4.69, 9.17) is 4.74 Å². The van der Waals surface area contributed by atoms with E-state index in [0.717, 1.165) is 6.08 Å². The zero-order valence-corrected chi connectivity index (χ0v) is 15.0. The summed E-state index contributed by atoms with van der Waals surface area (Å²) in [5, 5.41) is 20.0. The minimum absolute atomic E-state index is 0.0737. The van der Waals surface area contributed by atoms with Crippen molar-refractivity contribution < 1.29 is 28.1 Å². The van der Waals surface area contributed by atoms with Crippen LogP contribution in [0.2, 0.25) is 0 Å². The summed E-state index contributed by atoms with van der Waals surface area (Å²) < 4.78 is 43.8. The molecule has 0 saturated carbocycles. The third-order valence-corrected chi connectivity index (χ3v) is 4.54. The van der Waals surface area contributed by atoms with Gasteiger partial charge in [0.25, 0.3) is 0 Å². The summed E-state index contributed by atoms with van der Waals surface area (Å²) in [6, 6.07) is 0. The van der Waals surface area contributed by atoms with Crippen LogP contribution >= 0.6 is 0 Å². The Balaban J connectivity index is 2.49. The molecule has 0 spiro atoms. The van der Waals surface area contributed by atoms with Crippen LogP contribution in [-0.4, -0.2) is 66.6 Å². The van der Waals surface area contributed by atoms with Gasteiger partial charge in [-0.1, -0.05) is 13.0 Å². The van der Waals surface area contributed by atoms with Gasteiger partial charge in [-0.15, -0.1) is 0 Å². The summed E-state index contributed by atoms with van der Waals surface area (Å²) in [4.78, 5) is 5.49. The van der Waals surface area contributed by atoms with Crippen LogP contribution in [0.4, 0.5) is 13.2 Å². The molecule has 3 atom stereocenters. The maximum atomic E-state index is 13.3. The van der Waals surface area contributed by atoms with Crippen molar-refractivity contribution in [1.29, 1.82) is 0 Å². The molecule has 0 aliphatic carbocycles. The van der Waals surface area contributed by atoms with E-state index < -0.39 is 30.8 Å². The molecule has 8 heteroatoms. The summed E-state index contributed by atoms with van der Waals surface area (Å²) in [5.41, 5.74) is -0.599. The molecule has 0 aromatic carbocycles. The van der Waals surface area contributed by atoms with Gasteiger partial charge < -0.3 is 14.9 Å². The Morgan fingerprint density at radius 2 is 1.96 bits per heavy atom. The number of aliphatic hydroxyl groups is 2. The van der Waals surface area contributed by atoms with Crippen LogP contribution in [0.15, 0.2) is 16.8 Å². The molecule has 1 fully saturated rings. The van der Waals surface area contributed by atoms with Crippen LogP contribution in [0.5, 0.6) is 0 Å². The standard InChI is InChI=1S/C17H29F3N2O3/c1-4-15(17(19,20)11-18)21-10-12(2)9-14(23)13-5-7-22(8-6-13)16(24)25-3/h4,10,12-14,16,23-24H,5-9,11H2,1-3H3/b15-4-,21-10-. The van der Waals surface area contributed by atoms with Gasteiger partial charge in [0.15, 0.2) is 6.67 Å². The second kappa shape index (κ2) is 10.3. The molecule has 1 aliphatic rings. The first kappa shape index (κ1) is 22.1. The molecule has 3 unspecified atom stereocenters. The molecule has 0 aromatic heterocycles. The third-order valence-electron chi connectivity index (χ3n) is 4.54. The van der Waals surface area contributed by atoms with Crippen molar-refractivity contribution in [3.8, 4) is 0 Å². The highest BCUT2D eigenvalue weighted by atomic mass is 19.3. The lowest BCUT2D eigenvalue weighted by molar-refractivity contribution is -0.186. The van der Waals surface area contributed by atoms with Gasteiger partial charge in [0.2, 0.25) is 6.41 Å². The Labute approximate surface area is 147 Å². The van der Waals surface area contributed by atoms with Gasteiger partial charge in [0.05, 0.1) is 6.10 Å². The van der Waals surface area contributed by atoms with Crippen molar-refractivity contribution in [3.05, 3.63) is 11.8 Å². The van der Waals surface area contributed by atoms with Gasteiger partial charge >= 0.3 is 5.92 Å². The number of hydrogen-bond acceptors (Lipinski definition) is 5. The van der Waals surface area contributed by atoms with Crippen LogP contribution in [0.3, 0.4) is 0 Å². The molecular weight excluding hydrogens is 337 g/mol. The zero-order valence-electron chi connectivity index (χ0n) is 15.0. The molecule has 1 aliphatic heterocycles. The Hall–Kier alpha value is -0.960. The lowest BCUT2D eigenvalue weighted by Crippen LogP contribution is -2.44. The lowest BCUT2D eigenvalue weighted by Gasteiger charge is -2.36. The highest BCUT2D eigenvalue weighted by Crippen LogP contribution is 2.27. The number of allylic oxidation sites excluding steroid dienone is 2. The van der Waals surface area contributed by atoms with E-state index in [-0.39, 0.29) is 11.8 Å². The molecule has 5 nitrogen and oxygen atoms in total. The number of hydrogen-bond donors (Lipinski definition) is 2. The largest absolute Gasteiger partial charge is 0.393 e. The van der Waals surface area contributed by atoms with Crippen LogP contribution in [-0.2, 0) is 4.74 Å². The summed E-state index contributed by atoms with van der Waals surface area (Å²) >= 11 is 0. The van der Waals surface area contributed by atoms with Crippen LogP contribution < -0.4 is 0 Å². The summed E-state index contributed by atoms with van der Waals surface area (Å²) in [6.45, 7) is 2.61. The SMILES string of the molecule is C/C=C(\N=C/C(C)CC(O)C1CCN(C(O)OC)CC1)C(F)(F)CF. The molecule has 1 heterocycles. The highest BCUT2D eigenvalue weighted by molar-refractivity contribution is 5.62. The molecule has 1 rings (SSSR count). The molecule has 2 N–H and O–H groups in total. The molecule has 1 saturated heterocycles. The first-order valence-corrected chi connectivity index (χ1v) is 8.52. The minimum Gasteiger partial charge on any atom is -0.393 e. The van der Waals surface area contributed by atoms with Crippen LogP contribution in [0.1, 0.15) is 33.1 Å². The van der Waals surface area contributed by atoms with E-state index in [1.807, 2.05) is 0 Å². The summed E-state index contributed by atoms with van der Waals surface area (Å²) in [7, 11) is 1.43. The molecule has 0 aromatic rings. The first-order valence-electron chi connectivity index (χ1n) is 8.52. The van der Waals surface area contributed by atoms with Crippen molar-refractivity contribution in [2.75, 3.05) is 26.9 Å². The van der Waals surface area contributed by atoms with Gasteiger partial charge in [-0.05, 0) is 38.0 Å². The van der Waals surface area contributed by atoms with Crippen molar-refractivity contribution in [2.24, 2.45) is 16.8 Å². The van der Waals surface area contributed by atoms with Crippen LogP contribution in [0, 0.1) is 11.8 Å². The number of aliphatic hydroxyl groups excluding tert-OH is 2. The fourth-order valence-corrected chi connectivity index (χ4v) is 2.96. The Morgan fingerprint density at radius 1 is 1.36 bits per heavy atom. The van der Waals surface area contributed by atoms with Gasteiger partial charge in [-0.25, -0.2) is 4.39 Å². The summed E-state index contributed by atoms with van der Waals surface area (Å²) in [6.07, 6.45) is 2.73. The van der Waals surface area contributed by atoms with E-state index in [9.17, 15) is 23.4 Å². The average molecular weight is 366 g/mol. The fraction of sp³-hybridized carbons (Fsp3) is 0.824. The number of nitrogens with zero attached hydrogens (tertiary/aromatic N) is 2. The van der Waals surface area contributed by atoms with Crippen molar-refractivity contribution in [1.82, 2.24) is 4.90 Å². The quantitative estimate of drug-likeness (QED) is 0.486. The predicted molar refractivity (Wildman–Crippen MR) is 90.3 cm³/mol. The normalized spacial score (nSPS) is 22.3. The Morgan fingerprint density at radius 3 is 2.44 bits per heavy atom. The van der Waals surface area contributed by atoms with Crippen molar-refractivity contribution in [3.63, 3.8) is 0 Å². The predicted octanol–water partition coefficient (Wildman–Crippen LogP) is 2.59. The fourth-order valence-electron chi connectivity index (χ4n) is 2.96. The van der Waals surface area contributed by atoms with Crippen LogP contribution in [0.25, 0.3) is 0 Å². The maximum absolute atomic E-state index is 13.3. The number of rotatable bonds is 9. The monoisotopic (exact) mass is 366 g/mol. The molecular formula is C17H29F3N2O3. The number of halogens is 3. The van der Waals surface area contributed by atoms with Gasteiger partial charge in [0.1, 0.15) is 5.70 Å². The second-order valence-electron chi connectivity index (χ2n) is 6.51. The number of aliphatic imine (C=N–C) groups is 1. The van der Waals surface area contributed by atoms with Crippen molar-refractivity contribution >= 4 is 6.21 Å². The number of alkyl halides is 3. The van der Waals surface area contributed by atoms with E-state index in [1.165, 1.54) is 20.2 Å². The van der Waals surface area contributed by atoms with E-state index >= 15 is 0 Å². The molecule has 25 heavy (non-hydrogen) atoms. The topological polar surface area (TPSA) is 65.3 Å². The highest BCUT2D eigenvalue weighted by Gasteiger charge is 2.34. The lowest BCUT2D eigenvalue weighted by atomic mass is 9.87. The third kappa shape index (κ3) is 6.69. The van der Waals surface area contributed by atoms with E-state index in [2.05, 4.69) is 4.99 Å². The number of likely N-dealkylation sites (tertiary alicyclic amines) is 1. The maximum Gasteiger partial charge on any atom is 0.317 e. The minimum atomic E-state index is -3.58. The Bertz CT molecular complexity index is 452. The molecule has 0 radical (unpaired) electrons. The number of ether oxygens (including phenoxy) is 1. The number of methoxy groups -OCH3 is 1. The van der Waals surface area contributed by atoms with E-state index in [1.54, 1.807) is 11.8 Å². The van der Waals surface area contributed by atoms with Gasteiger partial charge in [0, 0.05) is 26.4 Å². The molecule has 0 bridgehead atoms. The first-order chi connectivity index (χ1) is 11.7. The molecule has 0 amide bonds. The van der Waals surface area contributed by atoms with E-state index in [0.29, 0.717) is 32.4 Å². The summed E-state index contributed by atoms with van der Waals surface area (Å²) in [5.74, 6) is -3.73. The molecule has 146 valence electrons. The average Bonchev–Trinajstić information content (AvgIpc) is 2.61. The van der Waals surface area contributed by atoms with Gasteiger partial charge in [-0.3, -0.25) is 9.89 Å². The van der Waals surface area contributed by atoms with Gasteiger partial charge in [-0.2, -0.15) is 8.78 Å². The van der Waals surface area contributed by atoms with Crippen molar-refractivity contribution in [2.45, 2.75) is 51.6 Å².